The second kappa shape index (κ2) is 4.26. The molecule has 0 saturated heterocycles. The molecule has 16 heavy (non-hydrogen) atoms. The maximum atomic E-state index is 11.8. The molecule has 1 aromatic carbocycles. The molecule has 0 spiro atoms. The van der Waals surface area contributed by atoms with Gasteiger partial charge < -0.3 is 10.5 Å². The van der Waals surface area contributed by atoms with E-state index >= 15 is 0 Å². The molecule has 1 heterocycles. The lowest BCUT2D eigenvalue weighted by atomic mass is 9.93. The van der Waals surface area contributed by atoms with Gasteiger partial charge in [0.1, 0.15) is 6.10 Å². The van der Waals surface area contributed by atoms with E-state index in [0.717, 1.165) is 12.0 Å². The molecule has 0 saturated carbocycles. The normalized spacial score (nSPS) is 19.5. The van der Waals surface area contributed by atoms with Gasteiger partial charge in [0.25, 0.3) is 0 Å². The zero-order chi connectivity index (χ0) is 11.7. The van der Waals surface area contributed by atoms with Crippen molar-refractivity contribution < 1.29 is 9.53 Å². The van der Waals surface area contributed by atoms with Gasteiger partial charge in [-0.25, -0.2) is 4.79 Å². The van der Waals surface area contributed by atoms with Crippen LogP contribution in [0.25, 0.3) is 0 Å². The largest absolute Gasteiger partial charge is 0.457 e. The van der Waals surface area contributed by atoms with E-state index in [1.165, 1.54) is 5.56 Å². The summed E-state index contributed by atoms with van der Waals surface area (Å²) in [4.78, 5) is 11.8. The van der Waals surface area contributed by atoms with Crippen molar-refractivity contribution in [3.63, 3.8) is 0 Å². The Balaban J connectivity index is 2.37. The highest BCUT2D eigenvalue weighted by Gasteiger charge is 2.25. The highest BCUT2D eigenvalue weighted by molar-refractivity contribution is 5.92. The summed E-state index contributed by atoms with van der Waals surface area (Å²) in [5, 5.41) is 0. The Labute approximate surface area is 95.6 Å². The molecule has 1 aliphatic rings. The Morgan fingerprint density at radius 3 is 2.88 bits per heavy atom. The lowest BCUT2D eigenvalue weighted by Gasteiger charge is -2.24. The molecule has 3 heteroatoms. The van der Waals surface area contributed by atoms with Crippen LogP contribution in [-0.2, 0) is 11.2 Å². The van der Waals surface area contributed by atoms with Crippen molar-refractivity contribution >= 4 is 5.97 Å². The third-order valence-corrected chi connectivity index (χ3v) is 3.00. The Bertz CT molecular complexity index is 412. The first-order valence-electron chi connectivity index (χ1n) is 5.65. The summed E-state index contributed by atoms with van der Waals surface area (Å²) in [6.07, 6.45) is 0.570. The van der Waals surface area contributed by atoms with Gasteiger partial charge in [0.2, 0.25) is 0 Å². The standard InChI is InChI=1S/C13H17NO2/c1-8(2)9-3-4-10-5-11(7-14)16-13(15)12(10)6-9/h3-4,6,8,11H,5,7,14H2,1-2H3. The van der Waals surface area contributed by atoms with E-state index < -0.39 is 0 Å². The summed E-state index contributed by atoms with van der Waals surface area (Å²) < 4.78 is 5.23. The van der Waals surface area contributed by atoms with Gasteiger partial charge in [-0.2, -0.15) is 0 Å². The van der Waals surface area contributed by atoms with Crippen LogP contribution in [0.5, 0.6) is 0 Å². The molecule has 3 nitrogen and oxygen atoms in total. The topological polar surface area (TPSA) is 52.3 Å². The minimum Gasteiger partial charge on any atom is -0.457 e. The first kappa shape index (κ1) is 11.1. The van der Waals surface area contributed by atoms with Crippen molar-refractivity contribution in [3.05, 3.63) is 34.9 Å². The van der Waals surface area contributed by atoms with Gasteiger partial charge in [-0.15, -0.1) is 0 Å². The fourth-order valence-corrected chi connectivity index (χ4v) is 1.95. The molecule has 0 bridgehead atoms. The van der Waals surface area contributed by atoms with Crippen molar-refractivity contribution in [1.82, 2.24) is 0 Å². The Hall–Kier alpha value is -1.35. The Morgan fingerprint density at radius 2 is 2.25 bits per heavy atom. The summed E-state index contributed by atoms with van der Waals surface area (Å²) in [7, 11) is 0. The van der Waals surface area contributed by atoms with Crippen molar-refractivity contribution in [2.45, 2.75) is 32.3 Å². The highest BCUT2D eigenvalue weighted by atomic mass is 16.5. The maximum Gasteiger partial charge on any atom is 0.338 e. The summed E-state index contributed by atoms with van der Waals surface area (Å²) in [6, 6.07) is 6.04. The number of benzene rings is 1. The van der Waals surface area contributed by atoms with Crippen molar-refractivity contribution in [3.8, 4) is 0 Å². The first-order chi connectivity index (χ1) is 7.61. The lowest BCUT2D eigenvalue weighted by Crippen LogP contribution is -2.33. The minimum atomic E-state index is -0.237. The molecule has 1 aliphatic heterocycles. The molecule has 86 valence electrons. The zero-order valence-electron chi connectivity index (χ0n) is 9.69. The molecule has 1 atom stereocenters. The van der Waals surface area contributed by atoms with E-state index in [9.17, 15) is 4.79 Å². The quantitative estimate of drug-likeness (QED) is 0.772. The average molecular weight is 219 g/mol. The number of carbonyl (C=O) groups is 1. The van der Waals surface area contributed by atoms with Crippen molar-refractivity contribution in [1.29, 1.82) is 0 Å². The number of ether oxygens (including phenoxy) is 1. The molecular formula is C13H17NO2. The Kier molecular flexibility index (Phi) is 2.97. The number of cyclic esters (lactones) is 1. The average Bonchev–Trinajstić information content (AvgIpc) is 2.28. The highest BCUT2D eigenvalue weighted by Crippen LogP contribution is 2.24. The molecule has 1 unspecified atom stereocenters. The van der Waals surface area contributed by atoms with E-state index in [1.54, 1.807) is 0 Å². The van der Waals surface area contributed by atoms with Crippen LogP contribution in [0, 0.1) is 0 Å². The van der Waals surface area contributed by atoms with E-state index in [1.807, 2.05) is 12.1 Å². The van der Waals surface area contributed by atoms with Gasteiger partial charge in [-0.05, 0) is 23.1 Å². The molecule has 0 aromatic heterocycles. The molecule has 2 rings (SSSR count). The predicted octanol–water partition coefficient (Wildman–Crippen LogP) is 1.85. The number of fused-ring (bicyclic) bond motifs is 1. The van der Waals surface area contributed by atoms with E-state index in [4.69, 9.17) is 10.5 Å². The predicted molar refractivity (Wildman–Crippen MR) is 62.5 cm³/mol. The van der Waals surface area contributed by atoms with Crippen molar-refractivity contribution in [2.75, 3.05) is 6.54 Å². The summed E-state index contributed by atoms with van der Waals surface area (Å²) in [5.74, 6) is 0.185. The van der Waals surface area contributed by atoms with Gasteiger partial charge in [0.05, 0.1) is 5.56 Å². The number of nitrogens with two attached hydrogens (primary N) is 1. The van der Waals surface area contributed by atoms with Crippen LogP contribution >= 0.6 is 0 Å². The lowest BCUT2D eigenvalue weighted by molar-refractivity contribution is 0.0278. The van der Waals surface area contributed by atoms with Crippen LogP contribution in [0.3, 0.4) is 0 Å². The van der Waals surface area contributed by atoms with Crippen LogP contribution in [0.1, 0.15) is 41.3 Å². The fourth-order valence-electron chi connectivity index (χ4n) is 1.95. The number of rotatable bonds is 2. The van der Waals surface area contributed by atoms with Crippen LogP contribution in [0.2, 0.25) is 0 Å². The van der Waals surface area contributed by atoms with Gasteiger partial charge in [0.15, 0.2) is 0 Å². The van der Waals surface area contributed by atoms with Crippen LogP contribution in [0.15, 0.2) is 18.2 Å². The molecule has 0 amide bonds. The second-order valence-corrected chi connectivity index (χ2v) is 4.54. The number of hydrogen-bond acceptors (Lipinski definition) is 3. The summed E-state index contributed by atoms with van der Waals surface area (Å²) >= 11 is 0. The van der Waals surface area contributed by atoms with Crippen LogP contribution in [-0.4, -0.2) is 18.6 Å². The summed E-state index contributed by atoms with van der Waals surface area (Å²) in [5.41, 5.74) is 8.45. The molecule has 2 N–H and O–H groups in total. The van der Waals surface area contributed by atoms with Gasteiger partial charge in [-0.3, -0.25) is 0 Å². The van der Waals surface area contributed by atoms with E-state index in [2.05, 4.69) is 19.9 Å². The van der Waals surface area contributed by atoms with Gasteiger partial charge >= 0.3 is 5.97 Å². The number of hydrogen-bond donors (Lipinski definition) is 1. The van der Waals surface area contributed by atoms with E-state index in [-0.39, 0.29) is 12.1 Å². The number of esters is 1. The third kappa shape index (κ3) is 1.95. The summed E-state index contributed by atoms with van der Waals surface area (Å²) in [6.45, 7) is 4.61. The molecule has 0 aliphatic carbocycles. The van der Waals surface area contributed by atoms with Gasteiger partial charge in [-0.1, -0.05) is 26.0 Å². The van der Waals surface area contributed by atoms with Crippen LogP contribution < -0.4 is 5.73 Å². The van der Waals surface area contributed by atoms with Gasteiger partial charge in [0, 0.05) is 13.0 Å². The monoisotopic (exact) mass is 219 g/mol. The second-order valence-electron chi connectivity index (χ2n) is 4.54. The SMILES string of the molecule is CC(C)c1ccc2c(c1)C(=O)OC(CN)C2. The Morgan fingerprint density at radius 1 is 1.50 bits per heavy atom. The zero-order valence-corrected chi connectivity index (χ0v) is 9.69. The van der Waals surface area contributed by atoms with Crippen LogP contribution in [0.4, 0.5) is 0 Å². The van der Waals surface area contributed by atoms with E-state index in [0.29, 0.717) is 18.0 Å². The third-order valence-electron chi connectivity index (χ3n) is 3.00. The first-order valence-corrected chi connectivity index (χ1v) is 5.65. The maximum absolute atomic E-state index is 11.8. The molecular weight excluding hydrogens is 202 g/mol. The number of carbonyl (C=O) groups excluding carboxylic acids is 1. The smallest absolute Gasteiger partial charge is 0.338 e. The molecule has 0 fully saturated rings. The molecule has 1 aromatic rings. The van der Waals surface area contributed by atoms with Crippen molar-refractivity contribution in [2.24, 2.45) is 5.73 Å². The minimum absolute atomic E-state index is 0.162. The molecule has 0 radical (unpaired) electrons. The fraction of sp³-hybridized carbons (Fsp3) is 0.462.